The lowest BCUT2D eigenvalue weighted by Crippen LogP contribution is -1.91. The lowest BCUT2D eigenvalue weighted by molar-refractivity contribution is -0.111. The summed E-state index contributed by atoms with van der Waals surface area (Å²) in [6.07, 6.45) is 15.9. The fraction of sp³-hybridized carbons (Fsp3) is 0.536. The van der Waals surface area contributed by atoms with E-state index < -0.39 is 0 Å². The van der Waals surface area contributed by atoms with Crippen LogP contribution in [0.5, 0.6) is 0 Å². The van der Waals surface area contributed by atoms with Gasteiger partial charge in [0.25, 0.3) is 0 Å². The highest BCUT2D eigenvalue weighted by Crippen LogP contribution is 2.26. The Balaban J connectivity index is 1.74. The van der Waals surface area contributed by atoms with Gasteiger partial charge in [-0.3, -0.25) is 4.79 Å². The summed E-state index contributed by atoms with van der Waals surface area (Å²) in [7, 11) is 0. The number of hydrogen-bond acceptors (Lipinski definition) is 2. The largest absolute Gasteiger partial charge is 0.287 e. The van der Waals surface area contributed by atoms with Crippen LogP contribution in [0.4, 0.5) is 0 Å². The quantitative estimate of drug-likeness (QED) is 0.209. The average molecular weight is 425 g/mol. The lowest BCUT2D eigenvalue weighted by Gasteiger charge is -2.06. The molecule has 0 aliphatic heterocycles. The van der Waals surface area contributed by atoms with Crippen LogP contribution in [-0.4, -0.2) is 5.12 Å². The molecule has 0 saturated heterocycles. The second-order valence-corrected chi connectivity index (χ2v) is 9.51. The molecule has 0 atom stereocenters. The summed E-state index contributed by atoms with van der Waals surface area (Å²) in [6, 6.07) is 17.4. The molecule has 0 amide bonds. The van der Waals surface area contributed by atoms with Crippen molar-refractivity contribution in [1.29, 1.82) is 0 Å². The van der Waals surface area contributed by atoms with Gasteiger partial charge >= 0.3 is 0 Å². The van der Waals surface area contributed by atoms with Gasteiger partial charge in [0, 0.05) is 11.3 Å². The minimum atomic E-state index is 0.290. The Morgan fingerprint density at radius 1 is 0.633 bits per heavy atom. The van der Waals surface area contributed by atoms with Crippen molar-refractivity contribution in [2.24, 2.45) is 0 Å². The number of hydrogen-bond donors (Lipinski definition) is 0. The molecule has 0 heterocycles. The Hall–Kier alpha value is -1.54. The average Bonchev–Trinajstić information content (AvgIpc) is 2.77. The maximum atomic E-state index is 12.2. The van der Waals surface area contributed by atoms with Gasteiger partial charge in [0.1, 0.15) is 0 Å². The van der Waals surface area contributed by atoms with Crippen LogP contribution in [0.1, 0.15) is 96.5 Å². The van der Waals surface area contributed by atoms with Crippen LogP contribution < -0.4 is 0 Å². The predicted octanol–water partition coefficient (Wildman–Crippen LogP) is 9.24. The highest BCUT2D eigenvalue weighted by Gasteiger charge is 2.06. The van der Waals surface area contributed by atoms with E-state index in [2.05, 4.69) is 62.4 Å². The fourth-order valence-corrected chi connectivity index (χ4v) is 4.53. The highest BCUT2D eigenvalue weighted by molar-refractivity contribution is 8.13. The van der Waals surface area contributed by atoms with E-state index in [4.69, 9.17) is 0 Å². The van der Waals surface area contributed by atoms with Gasteiger partial charge in [0.05, 0.1) is 0 Å². The van der Waals surface area contributed by atoms with Crippen LogP contribution in [0.2, 0.25) is 0 Å². The highest BCUT2D eigenvalue weighted by atomic mass is 32.2. The van der Waals surface area contributed by atoms with E-state index in [1.54, 1.807) is 0 Å². The molecule has 2 rings (SSSR count). The Kier molecular flexibility index (Phi) is 12.6. The molecule has 2 aromatic carbocycles. The molecule has 0 aliphatic rings. The number of aryl methyl sites for hydroxylation is 1. The van der Waals surface area contributed by atoms with E-state index in [0.29, 0.717) is 11.5 Å². The molecule has 0 spiro atoms. The molecule has 0 fully saturated rings. The number of rotatable bonds is 15. The molecular weight excluding hydrogens is 384 g/mol. The van der Waals surface area contributed by atoms with Gasteiger partial charge in [-0.2, -0.15) is 0 Å². The first kappa shape index (κ1) is 24.7. The monoisotopic (exact) mass is 424 g/mol. The van der Waals surface area contributed by atoms with Crippen molar-refractivity contribution < 1.29 is 4.79 Å². The third-order valence-corrected chi connectivity index (χ3v) is 6.62. The Morgan fingerprint density at radius 3 is 1.73 bits per heavy atom. The summed E-state index contributed by atoms with van der Waals surface area (Å²) >= 11 is 1.39. The third kappa shape index (κ3) is 9.98. The van der Waals surface area contributed by atoms with Gasteiger partial charge in [0.15, 0.2) is 5.12 Å². The van der Waals surface area contributed by atoms with Crippen molar-refractivity contribution in [3.05, 3.63) is 54.1 Å². The fourth-order valence-electron chi connectivity index (χ4n) is 3.74. The Bertz CT molecular complexity index is 702. The molecule has 164 valence electrons. The molecule has 1 nitrogen and oxygen atoms in total. The van der Waals surface area contributed by atoms with E-state index in [-0.39, 0.29) is 0 Å². The van der Waals surface area contributed by atoms with Crippen LogP contribution in [0.3, 0.4) is 0 Å². The molecule has 0 aromatic heterocycles. The molecule has 30 heavy (non-hydrogen) atoms. The molecular formula is C28H40OS. The lowest BCUT2D eigenvalue weighted by atomic mass is 10.0. The first-order valence-electron chi connectivity index (χ1n) is 12.1. The van der Waals surface area contributed by atoms with Crippen molar-refractivity contribution in [1.82, 2.24) is 0 Å². The minimum Gasteiger partial charge on any atom is -0.287 e. The topological polar surface area (TPSA) is 17.1 Å². The van der Waals surface area contributed by atoms with Crippen molar-refractivity contribution in [3.8, 4) is 11.1 Å². The predicted molar refractivity (Wildman–Crippen MR) is 133 cm³/mol. The van der Waals surface area contributed by atoms with E-state index in [0.717, 1.165) is 11.3 Å². The summed E-state index contributed by atoms with van der Waals surface area (Å²) < 4.78 is 0. The van der Waals surface area contributed by atoms with Crippen molar-refractivity contribution in [2.45, 2.75) is 102 Å². The van der Waals surface area contributed by atoms with Crippen molar-refractivity contribution >= 4 is 16.9 Å². The Morgan fingerprint density at radius 2 is 1.13 bits per heavy atom. The maximum absolute atomic E-state index is 12.2. The zero-order valence-corrected chi connectivity index (χ0v) is 19.9. The van der Waals surface area contributed by atoms with E-state index >= 15 is 0 Å². The zero-order valence-electron chi connectivity index (χ0n) is 19.1. The Labute approximate surface area is 189 Å². The molecule has 0 aliphatic carbocycles. The first-order valence-corrected chi connectivity index (χ1v) is 12.9. The van der Waals surface area contributed by atoms with E-state index in [1.165, 1.54) is 99.1 Å². The maximum Gasteiger partial charge on any atom is 0.193 e. The van der Waals surface area contributed by atoms with Crippen molar-refractivity contribution in [3.63, 3.8) is 0 Å². The number of carbonyl (C=O) groups is 1. The van der Waals surface area contributed by atoms with Crippen LogP contribution >= 0.6 is 11.8 Å². The molecule has 0 saturated carbocycles. The zero-order chi connectivity index (χ0) is 21.4. The van der Waals surface area contributed by atoms with Crippen molar-refractivity contribution in [2.75, 3.05) is 0 Å². The van der Waals surface area contributed by atoms with Gasteiger partial charge < -0.3 is 0 Å². The standard InChI is InChI=1S/C28H40OS/c1-3-5-7-9-11-12-14-24-16-18-25(19-17-24)26-20-22-27(23-21-26)30-28(29)15-13-10-8-6-4-2/h16-23H,3-15H2,1-2H3. The van der Waals surface area contributed by atoms with Gasteiger partial charge in [-0.25, -0.2) is 0 Å². The summed E-state index contributed by atoms with van der Waals surface area (Å²) in [5, 5.41) is 0.290. The molecule has 2 aromatic rings. The summed E-state index contributed by atoms with van der Waals surface area (Å²) in [6.45, 7) is 4.49. The van der Waals surface area contributed by atoms with Gasteiger partial charge in [-0.1, -0.05) is 120 Å². The number of carbonyl (C=O) groups excluding carboxylic acids is 1. The van der Waals surface area contributed by atoms with E-state index in [1.807, 2.05) is 0 Å². The number of thioether (sulfide) groups is 1. The SMILES string of the molecule is CCCCCCCCc1ccc(-c2ccc(SC(=O)CCCCCCC)cc2)cc1. The molecule has 0 N–H and O–H groups in total. The van der Waals surface area contributed by atoms with Gasteiger partial charge in [-0.05, 0) is 48.1 Å². The second-order valence-electron chi connectivity index (χ2n) is 8.38. The molecule has 0 bridgehead atoms. The molecule has 2 heteroatoms. The second kappa shape index (κ2) is 15.3. The number of unbranched alkanes of at least 4 members (excludes halogenated alkanes) is 9. The van der Waals surface area contributed by atoms with Crippen LogP contribution in [0.25, 0.3) is 11.1 Å². The molecule has 0 radical (unpaired) electrons. The normalized spacial score (nSPS) is 11.0. The van der Waals surface area contributed by atoms with Crippen LogP contribution in [-0.2, 0) is 11.2 Å². The summed E-state index contributed by atoms with van der Waals surface area (Å²) in [5.74, 6) is 0. The van der Waals surface area contributed by atoms with Gasteiger partial charge in [0.2, 0.25) is 0 Å². The van der Waals surface area contributed by atoms with E-state index in [9.17, 15) is 4.79 Å². The molecule has 0 unspecified atom stereocenters. The number of benzene rings is 2. The van der Waals surface area contributed by atoms with Crippen LogP contribution in [0.15, 0.2) is 53.4 Å². The summed E-state index contributed by atoms with van der Waals surface area (Å²) in [4.78, 5) is 13.2. The summed E-state index contributed by atoms with van der Waals surface area (Å²) in [5.41, 5.74) is 3.91. The first-order chi connectivity index (χ1) is 14.7. The van der Waals surface area contributed by atoms with Gasteiger partial charge in [-0.15, -0.1) is 0 Å². The third-order valence-electron chi connectivity index (χ3n) is 5.68. The smallest absolute Gasteiger partial charge is 0.193 e. The van der Waals surface area contributed by atoms with Crippen LogP contribution in [0, 0.1) is 0 Å². The minimum absolute atomic E-state index is 0.290.